The molecule has 0 aromatic carbocycles. The third kappa shape index (κ3) is 8.58. The van der Waals surface area contributed by atoms with Gasteiger partial charge in [0.05, 0.1) is 0 Å². The van der Waals surface area contributed by atoms with Gasteiger partial charge >= 0.3 is 0 Å². The maximum atomic E-state index is 3.48. The lowest BCUT2D eigenvalue weighted by molar-refractivity contribution is 0.176. The highest BCUT2D eigenvalue weighted by atomic mass is 15.1. The van der Waals surface area contributed by atoms with Gasteiger partial charge in [0.1, 0.15) is 0 Å². The van der Waals surface area contributed by atoms with Crippen LogP contribution in [0.15, 0.2) is 0 Å². The zero-order chi connectivity index (χ0) is 13.3. The van der Waals surface area contributed by atoms with Crippen LogP contribution in [0, 0.1) is 5.41 Å². The molecule has 0 saturated heterocycles. The third-order valence-electron chi connectivity index (χ3n) is 3.45. The summed E-state index contributed by atoms with van der Waals surface area (Å²) in [5, 5.41) is 3.48. The quantitative estimate of drug-likeness (QED) is 0.632. The van der Waals surface area contributed by atoms with E-state index >= 15 is 0 Å². The van der Waals surface area contributed by atoms with E-state index in [1.807, 2.05) is 0 Å². The van der Waals surface area contributed by atoms with Crippen molar-refractivity contribution in [3.63, 3.8) is 0 Å². The summed E-state index contributed by atoms with van der Waals surface area (Å²) in [6.07, 6.45) is 2.49. The molecule has 0 aliphatic rings. The maximum absolute atomic E-state index is 3.48. The number of rotatable bonds is 10. The average molecular weight is 243 g/mol. The predicted octanol–water partition coefficient (Wildman–Crippen LogP) is 1.90. The van der Waals surface area contributed by atoms with Crippen molar-refractivity contribution in [2.75, 3.05) is 53.9 Å². The Morgan fingerprint density at radius 2 is 1.71 bits per heavy atom. The summed E-state index contributed by atoms with van der Waals surface area (Å²) in [7, 11) is 6.53. The van der Waals surface area contributed by atoms with E-state index in [2.05, 4.69) is 57.0 Å². The SMILES string of the molecule is CCNCC(C)(CC)CN(C)CCCN(C)C. The molecule has 0 radical (unpaired) electrons. The summed E-state index contributed by atoms with van der Waals surface area (Å²) in [4.78, 5) is 4.73. The van der Waals surface area contributed by atoms with Crippen molar-refractivity contribution in [1.29, 1.82) is 0 Å². The van der Waals surface area contributed by atoms with Gasteiger partial charge in [-0.05, 0) is 59.0 Å². The van der Waals surface area contributed by atoms with Gasteiger partial charge in [-0.3, -0.25) is 0 Å². The topological polar surface area (TPSA) is 18.5 Å². The monoisotopic (exact) mass is 243 g/mol. The van der Waals surface area contributed by atoms with E-state index in [9.17, 15) is 0 Å². The Kier molecular flexibility index (Phi) is 8.83. The van der Waals surface area contributed by atoms with Gasteiger partial charge in [-0.2, -0.15) is 0 Å². The summed E-state index contributed by atoms with van der Waals surface area (Å²) < 4.78 is 0. The molecule has 0 aliphatic carbocycles. The van der Waals surface area contributed by atoms with E-state index in [0.29, 0.717) is 5.41 Å². The molecular formula is C14H33N3. The van der Waals surface area contributed by atoms with Crippen LogP contribution in [0.3, 0.4) is 0 Å². The Labute approximate surface area is 109 Å². The van der Waals surface area contributed by atoms with Crippen LogP contribution in [-0.2, 0) is 0 Å². The maximum Gasteiger partial charge on any atom is 0.00443 e. The summed E-state index contributed by atoms with van der Waals surface area (Å²) in [6.45, 7) is 12.6. The highest BCUT2D eigenvalue weighted by Gasteiger charge is 2.23. The van der Waals surface area contributed by atoms with Crippen LogP contribution in [0.25, 0.3) is 0 Å². The third-order valence-corrected chi connectivity index (χ3v) is 3.45. The second-order valence-corrected chi connectivity index (χ2v) is 5.84. The molecule has 3 heteroatoms. The predicted molar refractivity (Wildman–Crippen MR) is 77.6 cm³/mol. The standard InChI is InChI=1S/C14H33N3/c1-7-14(3,12-15-8-2)13-17(6)11-9-10-16(4)5/h15H,7-13H2,1-6H3. The minimum Gasteiger partial charge on any atom is -0.316 e. The van der Waals surface area contributed by atoms with Gasteiger partial charge in [0.15, 0.2) is 0 Å². The molecule has 0 fully saturated rings. The second kappa shape index (κ2) is 8.90. The van der Waals surface area contributed by atoms with Crippen molar-refractivity contribution in [3.8, 4) is 0 Å². The van der Waals surface area contributed by atoms with Crippen LogP contribution in [0.5, 0.6) is 0 Å². The molecular weight excluding hydrogens is 210 g/mol. The van der Waals surface area contributed by atoms with Crippen molar-refractivity contribution >= 4 is 0 Å². The first-order valence-electron chi connectivity index (χ1n) is 6.97. The fraction of sp³-hybridized carbons (Fsp3) is 1.00. The van der Waals surface area contributed by atoms with E-state index in [1.165, 1.54) is 32.5 Å². The van der Waals surface area contributed by atoms with Gasteiger partial charge in [0.2, 0.25) is 0 Å². The lowest BCUT2D eigenvalue weighted by Gasteiger charge is -2.33. The Balaban J connectivity index is 3.91. The summed E-state index contributed by atoms with van der Waals surface area (Å²) in [6, 6.07) is 0. The van der Waals surface area contributed by atoms with Crippen molar-refractivity contribution in [1.82, 2.24) is 15.1 Å². The first-order chi connectivity index (χ1) is 7.93. The second-order valence-electron chi connectivity index (χ2n) is 5.84. The molecule has 1 unspecified atom stereocenters. The molecule has 104 valence electrons. The molecule has 1 atom stereocenters. The highest BCUT2D eigenvalue weighted by molar-refractivity contribution is 4.78. The number of hydrogen-bond donors (Lipinski definition) is 1. The Hall–Kier alpha value is -0.120. The minimum atomic E-state index is 0.406. The van der Waals surface area contributed by atoms with E-state index < -0.39 is 0 Å². The van der Waals surface area contributed by atoms with Crippen LogP contribution in [0.4, 0.5) is 0 Å². The molecule has 0 heterocycles. The molecule has 0 amide bonds. The Morgan fingerprint density at radius 1 is 1.06 bits per heavy atom. The van der Waals surface area contributed by atoms with Crippen molar-refractivity contribution in [2.45, 2.75) is 33.6 Å². The lowest BCUT2D eigenvalue weighted by Crippen LogP contribution is -2.41. The number of nitrogens with zero attached hydrogens (tertiary/aromatic N) is 2. The van der Waals surface area contributed by atoms with Crippen LogP contribution in [0.1, 0.15) is 33.6 Å². The highest BCUT2D eigenvalue weighted by Crippen LogP contribution is 2.21. The minimum absolute atomic E-state index is 0.406. The molecule has 0 saturated carbocycles. The van der Waals surface area contributed by atoms with E-state index in [0.717, 1.165) is 13.1 Å². The summed E-state index contributed by atoms with van der Waals surface area (Å²) in [5.41, 5.74) is 0.406. The average Bonchev–Trinajstić information content (AvgIpc) is 2.26. The van der Waals surface area contributed by atoms with Gasteiger partial charge in [-0.1, -0.05) is 20.8 Å². The van der Waals surface area contributed by atoms with E-state index in [4.69, 9.17) is 0 Å². The van der Waals surface area contributed by atoms with E-state index in [-0.39, 0.29) is 0 Å². The Bertz CT molecular complexity index is 182. The number of hydrogen-bond acceptors (Lipinski definition) is 3. The normalized spacial score (nSPS) is 15.5. The molecule has 3 nitrogen and oxygen atoms in total. The zero-order valence-corrected chi connectivity index (χ0v) is 12.8. The van der Waals surface area contributed by atoms with Gasteiger partial charge in [0, 0.05) is 13.1 Å². The zero-order valence-electron chi connectivity index (χ0n) is 12.8. The molecule has 0 bridgehead atoms. The molecule has 0 spiro atoms. The molecule has 17 heavy (non-hydrogen) atoms. The smallest absolute Gasteiger partial charge is 0.00443 e. The van der Waals surface area contributed by atoms with Crippen LogP contribution in [-0.4, -0.2) is 63.7 Å². The van der Waals surface area contributed by atoms with Gasteiger partial charge < -0.3 is 15.1 Å². The lowest BCUT2D eigenvalue weighted by atomic mass is 9.87. The van der Waals surface area contributed by atoms with E-state index in [1.54, 1.807) is 0 Å². The molecule has 1 N–H and O–H groups in total. The van der Waals surface area contributed by atoms with Crippen molar-refractivity contribution < 1.29 is 0 Å². The first-order valence-corrected chi connectivity index (χ1v) is 6.97. The molecule has 0 aromatic rings. The van der Waals surface area contributed by atoms with Crippen LogP contribution < -0.4 is 5.32 Å². The van der Waals surface area contributed by atoms with Crippen molar-refractivity contribution in [2.24, 2.45) is 5.41 Å². The van der Waals surface area contributed by atoms with Crippen molar-refractivity contribution in [3.05, 3.63) is 0 Å². The Morgan fingerprint density at radius 3 is 2.18 bits per heavy atom. The molecule has 0 aliphatic heterocycles. The van der Waals surface area contributed by atoms with Gasteiger partial charge in [-0.15, -0.1) is 0 Å². The molecule has 0 aromatic heterocycles. The van der Waals surface area contributed by atoms with Gasteiger partial charge in [-0.25, -0.2) is 0 Å². The molecule has 0 rings (SSSR count). The summed E-state index contributed by atoms with van der Waals surface area (Å²) >= 11 is 0. The van der Waals surface area contributed by atoms with Crippen LogP contribution >= 0.6 is 0 Å². The fourth-order valence-corrected chi connectivity index (χ4v) is 2.11. The summed E-state index contributed by atoms with van der Waals surface area (Å²) in [5.74, 6) is 0. The number of nitrogens with one attached hydrogen (secondary N) is 1. The largest absolute Gasteiger partial charge is 0.316 e. The van der Waals surface area contributed by atoms with Crippen LogP contribution in [0.2, 0.25) is 0 Å². The first kappa shape index (κ1) is 16.9. The van der Waals surface area contributed by atoms with Gasteiger partial charge in [0.25, 0.3) is 0 Å². The fourth-order valence-electron chi connectivity index (χ4n) is 2.11.